The maximum Gasteiger partial charge on any atom is 0.328 e. The molecule has 0 aromatic carbocycles. The molecule has 1 atom stereocenters. The molecule has 1 fully saturated rings. The van der Waals surface area contributed by atoms with Gasteiger partial charge >= 0.3 is 5.97 Å². The average molecular weight is 279 g/mol. The summed E-state index contributed by atoms with van der Waals surface area (Å²) in [5, 5.41) is 0. The van der Waals surface area contributed by atoms with Crippen LogP contribution in [0.4, 0.5) is 0 Å². The fraction of sp³-hybridized carbons (Fsp3) is 0.571. The second-order valence-electron chi connectivity index (χ2n) is 5.09. The van der Waals surface area contributed by atoms with Crippen LogP contribution < -0.4 is 0 Å². The molecule has 19 heavy (non-hydrogen) atoms. The van der Waals surface area contributed by atoms with Gasteiger partial charge in [-0.25, -0.2) is 4.79 Å². The molecule has 2 heterocycles. The van der Waals surface area contributed by atoms with Crippen molar-refractivity contribution in [3.8, 4) is 0 Å². The highest BCUT2D eigenvalue weighted by Gasteiger charge is 2.36. The van der Waals surface area contributed by atoms with Crippen molar-refractivity contribution in [3.63, 3.8) is 0 Å². The van der Waals surface area contributed by atoms with Gasteiger partial charge in [-0.3, -0.25) is 4.79 Å². The smallest absolute Gasteiger partial charge is 0.328 e. The third-order valence-electron chi connectivity index (χ3n) is 3.94. The van der Waals surface area contributed by atoms with E-state index in [0.29, 0.717) is 13.0 Å². The van der Waals surface area contributed by atoms with E-state index in [1.165, 1.54) is 24.0 Å². The lowest BCUT2D eigenvalue weighted by atomic mass is 10.2. The molecule has 3 rings (SSSR count). The Bertz CT molecular complexity index is 501. The molecule has 1 saturated heterocycles. The topological polar surface area (TPSA) is 46.6 Å². The highest BCUT2D eigenvalue weighted by molar-refractivity contribution is 7.14. The van der Waals surface area contributed by atoms with Gasteiger partial charge in [0, 0.05) is 11.4 Å². The molecule has 1 unspecified atom stereocenters. The second kappa shape index (κ2) is 4.96. The number of thiophene rings is 1. The number of aryl methyl sites for hydroxylation is 2. The number of rotatable bonds is 2. The van der Waals surface area contributed by atoms with E-state index in [0.717, 1.165) is 24.1 Å². The molecule has 2 aliphatic rings. The number of likely N-dealkylation sites (tertiary alicyclic amines) is 1. The lowest BCUT2D eigenvalue weighted by Crippen LogP contribution is -2.40. The van der Waals surface area contributed by atoms with Crippen molar-refractivity contribution in [1.29, 1.82) is 0 Å². The third-order valence-corrected chi connectivity index (χ3v) is 5.17. The number of nitrogens with zero attached hydrogens (tertiary/aromatic N) is 1. The zero-order valence-electron chi connectivity index (χ0n) is 11.0. The Hall–Kier alpha value is -1.36. The Kier molecular flexibility index (Phi) is 3.31. The summed E-state index contributed by atoms with van der Waals surface area (Å²) in [4.78, 5) is 28.0. The van der Waals surface area contributed by atoms with Crippen LogP contribution in [0.25, 0.3) is 0 Å². The molecule has 0 bridgehead atoms. The lowest BCUT2D eigenvalue weighted by molar-refractivity contribution is -0.145. The van der Waals surface area contributed by atoms with Crippen LogP contribution in [-0.4, -0.2) is 36.5 Å². The van der Waals surface area contributed by atoms with Gasteiger partial charge in [-0.05, 0) is 43.7 Å². The molecule has 0 saturated carbocycles. The van der Waals surface area contributed by atoms with E-state index < -0.39 is 6.04 Å². The lowest BCUT2D eigenvalue weighted by Gasteiger charge is -2.21. The standard InChI is InChI=1S/C14H17NO3S/c1-18-14(17)10-5-3-7-15(10)13(16)12-8-9-4-2-6-11(9)19-12/h8,10H,2-7H2,1H3. The molecule has 0 radical (unpaired) electrons. The average Bonchev–Trinajstić information content (AvgIpc) is 3.10. The van der Waals surface area contributed by atoms with Gasteiger partial charge in [-0.15, -0.1) is 11.3 Å². The normalized spacial score (nSPS) is 21.5. The summed E-state index contributed by atoms with van der Waals surface area (Å²) in [7, 11) is 1.38. The molecule has 4 nitrogen and oxygen atoms in total. The van der Waals surface area contributed by atoms with Gasteiger partial charge in [0.2, 0.25) is 0 Å². The quantitative estimate of drug-likeness (QED) is 0.778. The number of esters is 1. The van der Waals surface area contributed by atoms with Gasteiger partial charge in [0.15, 0.2) is 0 Å². The Morgan fingerprint density at radius 2 is 2.21 bits per heavy atom. The van der Waals surface area contributed by atoms with Gasteiger partial charge in [0.05, 0.1) is 12.0 Å². The molecule has 102 valence electrons. The van der Waals surface area contributed by atoms with E-state index in [4.69, 9.17) is 4.74 Å². The van der Waals surface area contributed by atoms with E-state index in [9.17, 15) is 9.59 Å². The number of carbonyl (C=O) groups is 2. The van der Waals surface area contributed by atoms with Crippen LogP contribution in [0.15, 0.2) is 6.07 Å². The summed E-state index contributed by atoms with van der Waals surface area (Å²) in [5.41, 5.74) is 1.32. The number of fused-ring (bicyclic) bond motifs is 1. The summed E-state index contributed by atoms with van der Waals surface area (Å²) < 4.78 is 4.78. The number of carbonyl (C=O) groups excluding carboxylic acids is 2. The summed E-state index contributed by atoms with van der Waals surface area (Å²) in [5.74, 6) is -0.303. The summed E-state index contributed by atoms with van der Waals surface area (Å²) in [6, 6.07) is 1.62. The van der Waals surface area contributed by atoms with Gasteiger partial charge in [-0.2, -0.15) is 0 Å². The molecule has 5 heteroatoms. The molecule has 1 aliphatic carbocycles. The first-order valence-electron chi connectivity index (χ1n) is 6.71. The van der Waals surface area contributed by atoms with Crippen LogP contribution >= 0.6 is 11.3 Å². The number of ether oxygens (including phenoxy) is 1. The van der Waals surface area contributed by atoms with Crippen LogP contribution in [0.5, 0.6) is 0 Å². The van der Waals surface area contributed by atoms with Gasteiger partial charge < -0.3 is 9.64 Å². The summed E-state index contributed by atoms with van der Waals surface area (Å²) in [6.45, 7) is 0.654. The van der Waals surface area contributed by atoms with Crippen LogP contribution in [0.3, 0.4) is 0 Å². The Balaban J connectivity index is 1.80. The second-order valence-corrected chi connectivity index (χ2v) is 6.23. The third kappa shape index (κ3) is 2.16. The van der Waals surface area contributed by atoms with E-state index in [2.05, 4.69) is 0 Å². The molecule has 0 spiro atoms. The largest absolute Gasteiger partial charge is 0.467 e. The highest BCUT2D eigenvalue weighted by Crippen LogP contribution is 2.32. The maximum absolute atomic E-state index is 12.5. The first kappa shape index (κ1) is 12.7. The van der Waals surface area contributed by atoms with Crippen molar-refractivity contribution in [2.24, 2.45) is 0 Å². The minimum Gasteiger partial charge on any atom is -0.467 e. The SMILES string of the molecule is COC(=O)C1CCCN1C(=O)c1cc2c(s1)CCC2. The zero-order chi connectivity index (χ0) is 13.4. The van der Waals surface area contributed by atoms with Crippen LogP contribution in [0.2, 0.25) is 0 Å². The van der Waals surface area contributed by atoms with E-state index in [-0.39, 0.29) is 11.9 Å². The summed E-state index contributed by atoms with van der Waals surface area (Å²) in [6.07, 6.45) is 4.96. The Morgan fingerprint density at radius 3 is 2.95 bits per heavy atom. The maximum atomic E-state index is 12.5. The fourth-order valence-corrected chi connectivity index (χ4v) is 4.18. The molecular weight excluding hydrogens is 262 g/mol. The monoisotopic (exact) mass is 279 g/mol. The van der Waals surface area contributed by atoms with Crippen molar-refractivity contribution in [2.45, 2.75) is 38.1 Å². The first-order chi connectivity index (χ1) is 9.20. The van der Waals surface area contributed by atoms with Crippen LogP contribution in [0, 0.1) is 0 Å². The molecular formula is C14H17NO3S. The highest BCUT2D eigenvalue weighted by atomic mass is 32.1. The van der Waals surface area contributed by atoms with E-state index in [1.807, 2.05) is 6.07 Å². The number of amides is 1. The minimum absolute atomic E-state index is 0.00713. The molecule has 0 N–H and O–H groups in total. The Labute approximate surface area is 116 Å². The number of hydrogen-bond donors (Lipinski definition) is 0. The Morgan fingerprint density at radius 1 is 1.37 bits per heavy atom. The molecule has 1 aliphatic heterocycles. The fourth-order valence-electron chi connectivity index (χ4n) is 2.97. The van der Waals surface area contributed by atoms with Crippen molar-refractivity contribution < 1.29 is 14.3 Å². The van der Waals surface area contributed by atoms with Crippen molar-refractivity contribution in [2.75, 3.05) is 13.7 Å². The van der Waals surface area contributed by atoms with Gasteiger partial charge in [-0.1, -0.05) is 0 Å². The number of hydrogen-bond acceptors (Lipinski definition) is 4. The van der Waals surface area contributed by atoms with Gasteiger partial charge in [0.1, 0.15) is 6.04 Å². The molecule has 1 amide bonds. The predicted octanol–water partition coefficient (Wildman–Crippen LogP) is 2.01. The molecule has 1 aromatic rings. The van der Waals surface area contributed by atoms with E-state index >= 15 is 0 Å². The van der Waals surface area contributed by atoms with Crippen LogP contribution in [-0.2, 0) is 22.4 Å². The minimum atomic E-state index is -0.394. The van der Waals surface area contributed by atoms with Crippen LogP contribution in [0.1, 0.15) is 39.4 Å². The summed E-state index contributed by atoms with van der Waals surface area (Å²) >= 11 is 1.59. The van der Waals surface area contributed by atoms with Crippen molar-refractivity contribution in [3.05, 3.63) is 21.4 Å². The first-order valence-corrected chi connectivity index (χ1v) is 7.52. The number of methoxy groups -OCH3 is 1. The predicted molar refractivity (Wildman–Crippen MR) is 72.4 cm³/mol. The van der Waals surface area contributed by atoms with E-state index in [1.54, 1.807) is 16.2 Å². The van der Waals surface area contributed by atoms with Gasteiger partial charge in [0.25, 0.3) is 5.91 Å². The molecule has 1 aromatic heterocycles. The zero-order valence-corrected chi connectivity index (χ0v) is 11.8. The van der Waals surface area contributed by atoms with Crippen molar-refractivity contribution in [1.82, 2.24) is 4.90 Å². The van der Waals surface area contributed by atoms with Crippen molar-refractivity contribution >= 4 is 23.2 Å².